The number of nitrogens with zero attached hydrogens (tertiary/aromatic N) is 5. The van der Waals surface area contributed by atoms with Gasteiger partial charge in [-0.15, -0.1) is 0 Å². The van der Waals surface area contributed by atoms with Crippen molar-refractivity contribution in [1.29, 1.82) is 5.26 Å². The van der Waals surface area contributed by atoms with Crippen LogP contribution < -0.4 is 4.74 Å². The first kappa shape index (κ1) is 25.0. The van der Waals surface area contributed by atoms with E-state index in [1.807, 2.05) is 35.9 Å². The molecule has 2 aromatic carbocycles. The fraction of sp³-hybridized carbons (Fsp3) is 0.448. The molecule has 3 aromatic rings. The molecular formula is C29H37N5O. The summed E-state index contributed by atoms with van der Waals surface area (Å²) >= 11 is 0. The number of hydrogen-bond acceptors (Lipinski definition) is 5. The zero-order valence-electron chi connectivity index (χ0n) is 21.1. The first-order valence-corrected chi connectivity index (χ1v) is 12.8. The van der Waals surface area contributed by atoms with Crippen LogP contribution in [0.25, 0.3) is 5.69 Å². The average molecular weight is 472 g/mol. The number of nitriles is 1. The molecule has 0 saturated carbocycles. The topological polar surface area (TPSA) is 57.3 Å². The van der Waals surface area contributed by atoms with Gasteiger partial charge in [0.05, 0.1) is 18.0 Å². The summed E-state index contributed by atoms with van der Waals surface area (Å²) in [5.74, 6) is 1.49. The maximum absolute atomic E-state index is 9.18. The Morgan fingerprint density at radius 3 is 2.40 bits per heavy atom. The molecule has 1 unspecified atom stereocenters. The summed E-state index contributed by atoms with van der Waals surface area (Å²) in [6.07, 6.45) is 9.09. The predicted molar refractivity (Wildman–Crippen MR) is 140 cm³/mol. The number of aromatic nitrogens is 2. The smallest absolute Gasteiger partial charge is 0.119 e. The summed E-state index contributed by atoms with van der Waals surface area (Å²) in [5, 5.41) is 9.18. The van der Waals surface area contributed by atoms with E-state index < -0.39 is 0 Å². The van der Waals surface area contributed by atoms with Gasteiger partial charge >= 0.3 is 0 Å². The second-order valence-corrected chi connectivity index (χ2v) is 9.43. The number of aryl methyl sites for hydroxylation is 1. The number of ether oxygens (including phenoxy) is 1. The Hall–Kier alpha value is -3.14. The molecule has 0 spiro atoms. The Kier molecular flexibility index (Phi) is 8.94. The van der Waals surface area contributed by atoms with Gasteiger partial charge < -0.3 is 14.2 Å². The van der Waals surface area contributed by atoms with Crippen LogP contribution in [0, 0.1) is 18.3 Å². The molecule has 1 aliphatic rings. The van der Waals surface area contributed by atoms with Crippen molar-refractivity contribution in [3.8, 4) is 17.5 Å². The van der Waals surface area contributed by atoms with Crippen molar-refractivity contribution >= 4 is 0 Å². The summed E-state index contributed by atoms with van der Waals surface area (Å²) in [4.78, 5) is 9.19. The summed E-state index contributed by atoms with van der Waals surface area (Å²) < 4.78 is 7.96. The van der Waals surface area contributed by atoms with Gasteiger partial charge in [0, 0.05) is 50.8 Å². The summed E-state index contributed by atoms with van der Waals surface area (Å²) in [5.41, 5.74) is 4.35. The number of rotatable bonds is 11. The van der Waals surface area contributed by atoms with Crippen molar-refractivity contribution in [2.45, 2.75) is 39.0 Å². The number of hydrogen-bond donors (Lipinski definition) is 0. The second-order valence-electron chi connectivity index (χ2n) is 9.43. The van der Waals surface area contributed by atoms with Crippen LogP contribution in [-0.2, 0) is 0 Å². The standard InChI is InChI=1S/C29H37N5O/c1-3-25(26-6-7-27(22-30)24(2)21-26)5-4-13-32-15-17-33(18-16-32)19-20-35-29-10-8-28(9-11-29)34-14-12-31-23-34/h6-12,14,21,23,25H,3-5,13,15-20H2,1-2H3. The van der Waals surface area contributed by atoms with Gasteiger partial charge in [-0.05, 0) is 80.1 Å². The summed E-state index contributed by atoms with van der Waals surface area (Å²) in [7, 11) is 0. The molecule has 4 rings (SSSR count). The molecule has 0 amide bonds. The number of benzene rings is 2. The van der Waals surface area contributed by atoms with E-state index in [0.717, 1.165) is 61.7 Å². The van der Waals surface area contributed by atoms with Crippen LogP contribution in [-0.4, -0.2) is 65.2 Å². The Bertz CT molecular complexity index is 1080. The van der Waals surface area contributed by atoms with Gasteiger partial charge in [-0.2, -0.15) is 5.26 Å². The molecular weight excluding hydrogens is 434 g/mol. The highest BCUT2D eigenvalue weighted by Gasteiger charge is 2.17. The van der Waals surface area contributed by atoms with Crippen molar-refractivity contribution in [3.05, 3.63) is 77.9 Å². The quantitative estimate of drug-likeness (QED) is 0.393. The highest BCUT2D eigenvalue weighted by molar-refractivity contribution is 5.40. The molecule has 0 N–H and O–H groups in total. The minimum atomic E-state index is 0.578. The maximum Gasteiger partial charge on any atom is 0.119 e. The van der Waals surface area contributed by atoms with Crippen LogP contribution in [0.2, 0.25) is 0 Å². The lowest BCUT2D eigenvalue weighted by Gasteiger charge is -2.34. The molecule has 1 atom stereocenters. The fourth-order valence-electron chi connectivity index (χ4n) is 4.89. The summed E-state index contributed by atoms with van der Waals surface area (Å²) in [6, 6.07) is 16.8. The van der Waals surface area contributed by atoms with Crippen LogP contribution in [0.3, 0.4) is 0 Å². The van der Waals surface area contributed by atoms with Crippen LogP contribution in [0.1, 0.15) is 48.8 Å². The minimum Gasteiger partial charge on any atom is -0.492 e. The van der Waals surface area contributed by atoms with Crippen LogP contribution in [0.4, 0.5) is 0 Å². The monoisotopic (exact) mass is 471 g/mol. The lowest BCUT2D eigenvalue weighted by Crippen LogP contribution is -2.47. The molecule has 1 aromatic heterocycles. The molecule has 0 radical (unpaired) electrons. The van der Waals surface area contributed by atoms with Gasteiger partial charge in [0.25, 0.3) is 0 Å². The molecule has 0 aliphatic carbocycles. The maximum atomic E-state index is 9.18. The second kappa shape index (κ2) is 12.5. The van der Waals surface area contributed by atoms with Crippen molar-refractivity contribution in [2.75, 3.05) is 45.9 Å². The van der Waals surface area contributed by atoms with Crippen molar-refractivity contribution in [3.63, 3.8) is 0 Å². The molecule has 6 nitrogen and oxygen atoms in total. The third-order valence-corrected chi connectivity index (χ3v) is 7.14. The van der Waals surface area contributed by atoms with E-state index in [-0.39, 0.29) is 0 Å². The van der Waals surface area contributed by atoms with Crippen LogP contribution >= 0.6 is 0 Å². The van der Waals surface area contributed by atoms with Crippen molar-refractivity contribution in [1.82, 2.24) is 19.4 Å². The summed E-state index contributed by atoms with van der Waals surface area (Å²) in [6.45, 7) is 11.6. The van der Waals surface area contributed by atoms with Gasteiger partial charge in [-0.3, -0.25) is 4.90 Å². The van der Waals surface area contributed by atoms with Crippen molar-refractivity contribution < 1.29 is 4.74 Å². The lowest BCUT2D eigenvalue weighted by atomic mass is 9.90. The van der Waals surface area contributed by atoms with E-state index in [2.05, 4.69) is 52.0 Å². The van der Waals surface area contributed by atoms with E-state index in [1.54, 1.807) is 12.5 Å². The van der Waals surface area contributed by atoms with Crippen molar-refractivity contribution in [2.24, 2.45) is 0 Å². The van der Waals surface area contributed by atoms with Gasteiger partial charge in [-0.25, -0.2) is 4.98 Å². The Morgan fingerprint density at radius 2 is 1.77 bits per heavy atom. The molecule has 1 fully saturated rings. The zero-order chi connectivity index (χ0) is 24.5. The molecule has 6 heteroatoms. The van der Waals surface area contributed by atoms with Gasteiger partial charge in [-0.1, -0.05) is 19.1 Å². The van der Waals surface area contributed by atoms with Crippen LogP contribution in [0.5, 0.6) is 5.75 Å². The largest absolute Gasteiger partial charge is 0.492 e. The predicted octanol–water partition coefficient (Wildman–Crippen LogP) is 5.02. The zero-order valence-corrected chi connectivity index (χ0v) is 21.1. The molecule has 1 aliphatic heterocycles. The minimum absolute atomic E-state index is 0.578. The normalized spacial score (nSPS) is 15.6. The average Bonchev–Trinajstić information content (AvgIpc) is 3.43. The van der Waals surface area contributed by atoms with Gasteiger partial charge in [0.2, 0.25) is 0 Å². The molecule has 0 bridgehead atoms. The number of piperazine rings is 1. The first-order valence-electron chi connectivity index (χ1n) is 12.8. The highest BCUT2D eigenvalue weighted by Crippen LogP contribution is 2.26. The first-order chi connectivity index (χ1) is 17.2. The fourth-order valence-corrected chi connectivity index (χ4v) is 4.89. The highest BCUT2D eigenvalue weighted by atomic mass is 16.5. The molecule has 184 valence electrons. The Morgan fingerprint density at radius 1 is 1.03 bits per heavy atom. The third-order valence-electron chi connectivity index (χ3n) is 7.14. The lowest BCUT2D eigenvalue weighted by molar-refractivity contribution is 0.115. The Balaban J connectivity index is 1.12. The number of imidazole rings is 1. The van der Waals surface area contributed by atoms with E-state index >= 15 is 0 Å². The van der Waals surface area contributed by atoms with Gasteiger partial charge in [0.15, 0.2) is 0 Å². The molecule has 2 heterocycles. The van der Waals surface area contributed by atoms with E-state index in [9.17, 15) is 5.26 Å². The van der Waals surface area contributed by atoms with Crippen LogP contribution in [0.15, 0.2) is 61.2 Å². The molecule has 1 saturated heterocycles. The van der Waals surface area contributed by atoms with E-state index in [0.29, 0.717) is 12.5 Å². The molecule has 35 heavy (non-hydrogen) atoms. The third kappa shape index (κ3) is 6.94. The SMILES string of the molecule is CCC(CCCN1CCN(CCOc2ccc(-n3ccnc3)cc2)CC1)c1ccc(C#N)c(C)c1. The van der Waals surface area contributed by atoms with E-state index in [4.69, 9.17) is 4.74 Å². The van der Waals surface area contributed by atoms with Gasteiger partial charge in [0.1, 0.15) is 12.4 Å². The Labute approximate surface area is 209 Å². The van der Waals surface area contributed by atoms with E-state index in [1.165, 1.54) is 24.9 Å².